The second-order valence-corrected chi connectivity index (χ2v) is 5.38. The van der Waals surface area contributed by atoms with Crippen LogP contribution in [0, 0.1) is 18.6 Å². The van der Waals surface area contributed by atoms with Crippen LogP contribution >= 0.6 is 0 Å². The van der Waals surface area contributed by atoms with Gasteiger partial charge >= 0.3 is 0 Å². The quantitative estimate of drug-likeness (QED) is 0.764. The molecular formula is C19H22F2O2. The average molecular weight is 320 g/mol. The van der Waals surface area contributed by atoms with E-state index < -0.39 is 11.6 Å². The standard InChI is InChI=1S/C19H22F2O2/c1-6-12-11(3)8-9-14(18(12)22-4)15-10-16(20)17(21)13(7-2)19(15)23-5/h8-10H,6-7H2,1-5H3. The fourth-order valence-electron chi connectivity index (χ4n) is 3.02. The maximum atomic E-state index is 14.1. The van der Waals surface area contributed by atoms with Crippen LogP contribution in [0.15, 0.2) is 18.2 Å². The van der Waals surface area contributed by atoms with Gasteiger partial charge in [0.05, 0.1) is 14.2 Å². The highest BCUT2D eigenvalue weighted by Crippen LogP contribution is 2.42. The van der Waals surface area contributed by atoms with Crippen LogP contribution in [-0.2, 0) is 12.8 Å². The van der Waals surface area contributed by atoms with Crippen molar-refractivity contribution in [3.8, 4) is 22.6 Å². The lowest BCUT2D eigenvalue weighted by atomic mass is 9.94. The van der Waals surface area contributed by atoms with E-state index >= 15 is 0 Å². The maximum absolute atomic E-state index is 14.1. The molecule has 2 nitrogen and oxygen atoms in total. The third kappa shape index (κ3) is 2.90. The summed E-state index contributed by atoms with van der Waals surface area (Å²) in [5.74, 6) is -0.692. The summed E-state index contributed by atoms with van der Waals surface area (Å²) >= 11 is 0. The average Bonchev–Trinajstić information content (AvgIpc) is 2.56. The first kappa shape index (κ1) is 17.3. The van der Waals surface area contributed by atoms with Crippen LogP contribution in [0.3, 0.4) is 0 Å². The summed E-state index contributed by atoms with van der Waals surface area (Å²) in [6.07, 6.45) is 1.13. The monoisotopic (exact) mass is 320 g/mol. The number of ether oxygens (including phenoxy) is 2. The predicted octanol–water partition coefficient (Wildman–Crippen LogP) is 5.08. The summed E-state index contributed by atoms with van der Waals surface area (Å²) < 4.78 is 39.1. The molecule has 2 rings (SSSR count). The summed E-state index contributed by atoms with van der Waals surface area (Å²) in [5, 5.41) is 0. The van der Waals surface area contributed by atoms with E-state index in [1.165, 1.54) is 13.2 Å². The summed E-state index contributed by atoms with van der Waals surface area (Å²) in [4.78, 5) is 0. The van der Waals surface area contributed by atoms with E-state index in [0.717, 1.165) is 17.5 Å². The van der Waals surface area contributed by atoms with Gasteiger partial charge in [-0.1, -0.05) is 26.0 Å². The Morgan fingerprint density at radius 3 is 1.96 bits per heavy atom. The Hall–Kier alpha value is -2.10. The van der Waals surface area contributed by atoms with E-state index in [-0.39, 0.29) is 5.56 Å². The molecule has 0 unspecified atom stereocenters. The summed E-state index contributed by atoms with van der Waals surface area (Å²) in [6, 6.07) is 5.00. The van der Waals surface area contributed by atoms with Crippen molar-refractivity contribution in [1.29, 1.82) is 0 Å². The smallest absolute Gasteiger partial charge is 0.165 e. The molecule has 0 atom stereocenters. The van der Waals surface area contributed by atoms with Gasteiger partial charge in [-0.2, -0.15) is 0 Å². The number of rotatable bonds is 5. The van der Waals surface area contributed by atoms with Crippen molar-refractivity contribution in [1.82, 2.24) is 0 Å². The zero-order chi connectivity index (χ0) is 17.1. The maximum Gasteiger partial charge on any atom is 0.165 e. The van der Waals surface area contributed by atoms with Gasteiger partial charge in [-0.3, -0.25) is 0 Å². The molecule has 0 saturated heterocycles. The zero-order valence-corrected chi connectivity index (χ0v) is 14.2. The molecule has 4 heteroatoms. The molecule has 0 heterocycles. The van der Waals surface area contributed by atoms with Crippen molar-refractivity contribution in [2.75, 3.05) is 14.2 Å². The van der Waals surface area contributed by atoms with Crippen molar-refractivity contribution in [2.45, 2.75) is 33.6 Å². The van der Waals surface area contributed by atoms with E-state index in [9.17, 15) is 8.78 Å². The number of benzene rings is 2. The number of aryl methyl sites for hydroxylation is 1. The van der Waals surface area contributed by atoms with Gasteiger partial charge in [0, 0.05) is 16.7 Å². The minimum absolute atomic E-state index is 0.239. The lowest BCUT2D eigenvalue weighted by Gasteiger charge is -2.19. The Kier molecular flexibility index (Phi) is 5.24. The molecule has 0 radical (unpaired) electrons. The van der Waals surface area contributed by atoms with Crippen LogP contribution in [0.5, 0.6) is 11.5 Å². The molecule has 0 spiro atoms. The largest absolute Gasteiger partial charge is 0.496 e. The molecule has 0 bridgehead atoms. The first-order chi connectivity index (χ1) is 11.0. The number of halogens is 2. The molecular weight excluding hydrogens is 298 g/mol. The molecule has 0 aromatic heterocycles. The Bertz CT molecular complexity index is 724. The molecule has 124 valence electrons. The molecule has 0 fully saturated rings. The van der Waals surface area contributed by atoms with E-state index in [4.69, 9.17) is 9.47 Å². The summed E-state index contributed by atoms with van der Waals surface area (Å²) in [5.41, 5.74) is 3.61. The Morgan fingerprint density at radius 2 is 1.43 bits per heavy atom. The number of hydrogen-bond donors (Lipinski definition) is 0. The highest BCUT2D eigenvalue weighted by molar-refractivity contribution is 5.79. The minimum atomic E-state index is -0.877. The summed E-state index contributed by atoms with van der Waals surface area (Å²) in [6.45, 7) is 5.81. The van der Waals surface area contributed by atoms with Gasteiger partial charge < -0.3 is 9.47 Å². The van der Waals surface area contributed by atoms with Crippen molar-refractivity contribution >= 4 is 0 Å². The zero-order valence-electron chi connectivity index (χ0n) is 14.2. The lowest BCUT2D eigenvalue weighted by molar-refractivity contribution is 0.397. The highest BCUT2D eigenvalue weighted by Gasteiger charge is 2.22. The van der Waals surface area contributed by atoms with Crippen LogP contribution in [0.4, 0.5) is 8.78 Å². The lowest BCUT2D eigenvalue weighted by Crippen LogP contribution is -2.03. The Balaban J connectivity index is 2.84. The van der Waals surface area contributed by atoms with Gasteiger partial charge in [0.15, 0.2) is 11.6 Å². The third-order valence-corrected chi connectivity index (χ3v) is 4.16. The van der Waals surface area contributed by atoms with Crippen molar-refractivity contribution in [3.05, 3.63) is 46.5 Å². The van der Waals surface area contributed by atoms with E-state index in [2.05, 4.69) is 0 Å². The van der Waals surface area contributed by atoms with E-state index in [1.807, 2.05) is 26.0 Å². The van der Waals surface area contributed by atoms with E-state index in [0.29, 0.717) is 29.0 Å². The van der Waals surface area contributed by atoms with Gasteiger partial charge in [0.2, 0.25) is 0 Å². The van der Waals surface area contributed by atoms with Crippen LogP contribution in [0.25, 0.3) is 11.1 Å². The Labute approximate surface area is 136 Å². The van der Waals surface area contributed by atoms with Gasteiger partial charge in [0.1, 0.15) is 11.5 Å². The predicted molar refractivity (Wildman–Crippen MR) is 88.4 cm³/mol. The molecule has 0 aliphatic heterocycles. The Morgan fingerprint density at radius 1 is 0.870 bits per heavy atom. The second kappa shape index (κ2) is 6.99. The fraction of sp³-hybridized carbons (Fsp3) is 0.368. The van der Waals surface area contributed by atoms with E-state index in [1.54, 1.807) is 14.0 Å². The number of methoxy groups -OCH3 is 2. The molecule has 2 aromatic carbocycles. The molecule has 0 aliphatic carbocycles. The SMILES string of the molecule is CCc1c(C)ccc(-c2cc(F)c(F)c(CC)c2OC)c1OC. The van der Waals surface area contributed by atoms with Gasteiger partial charge in [0.25, 0.3) is 0 Å². The van der Waals surface area contributed by atoms with Crippen LogP contribution < -0.4 is 9.47 Å². The number of hydrogen-bond acceptors (Lipinski definition) is 2. The molecule has 0 saturated carbocycles. The first-order valence-corrected chi connectivity index (χ1v) is 7.71. The van der Waals surface area contributed by atoms with Crippen molar-refractivity contribution in [3.63, 3.8) is 0 Å². The highest BCUT2D eigenvalue weighted by atomic mass is 19.2. The van der Waals surface area contributed by atoms with Gasteiger partial charge in [-0.05, 0) is 37.0 Å². The molecule has 0 aliphatic rings. The van der Waals surface area contributed by atoms with Crippen LogP contribution in [-0.4, -0.2) is 14.2 Å². The minimum Gasteiger partial charge on any atom is -0.496 e. The normalized spacial score (nSPS) is 10.7. The molecule has 0 N–H and O–H groups in total. The van der Waals surface area contributed by atoms with Gasteiger partial charge in [-0.15, -0.1) is 0 Å². The van der Waals surface area contributed by atoms with Crippen molar-refractivity contribution < 1.29 is 18.3 Å². The van der Waals surface area contributed by atoms with Crippen molar-refractivity contribution in [2.24, 2.45) is 0 Å². The fourth-order valence-corrected chi connectivity index (χ4v) is 3.02. The second-order valence-electron chi connectivity index (χ2n) is 5.38. The topological polar surface area (TPSA) is 18.5 Å². The molecule has 2 aromatic rings. The third-order valence-electron chi connectivity index (χ3n) is 4.16. The van der Waals surface area contributed by atoms with Crippen LogP contribution in [0.2, 0.25) is 0 Å². The van der Waals surface area contributed by atoms with Gasteiger partial charge in [-0.25, -0.2) is 8.78 Å². The molecule has 23 heavy (non-hydrogen) atoms. The van der Waals surface area contributed by atoms with Crippen LogP contribution in [0.1, 0.15) is 30.5 Å². The first-order valence-electron chi connectivity index (χ1n) is 7.71. The molecule has 0 amide bonds. The summed E-state index contributed by atoms with van der Waals surface area (Å²) in [7, 11) is 3.06.